The molecule has 0 fully saturated rings. The number of rotatable bonds is 5. The molecule has 7 aromatic carbocycles. The number of nitrogens with zero attached hydrogens (tertiary/aromatic N) is 2. The Morgan fingerprint density at radius 3 is 1.83 bits per heavy atom. The molecule has 0 amide bonds. The Balaban J connectivity index is 1.13. The third-order valence-electron chi connectivity index (χ3n) is 9.71. The molecule has 0 spiro atoms. The van der Waals surface area contributed by atoms with Gasteiger partial charge in [0, 0.05) is 29.2 Å². The van der Waals surface area contributed by atoms with Crippen molar-refractivity contribution in [3.63, 3.8) is 0 Å². The highest BCUT2D eigenvalue weighted by Gasteiger charge is 2.25. The van der Waals surface area contributed by atoms with Crippen LogP contribution in [0.1, 0.15) is 0 Å². The highest BCUT2D eigenvalue weighted by Crippen LogP contribution is 2.50. The molecule has 0 saturated heterocycles. The lowest BCUT2D eigenvalue weighted by Crippen LogP contribution is -2.10. The maximum atomic E-state index is 6.32. The van der Waals surface area contributed by atoms with E-state index >= 15 is 0 Å². The molecule has 48 heavy (non-hydrogen) atoms. The molecule has 9 aromatic rings. The lowest BCUT2D eigenvalue weighted by atomic mass is 9.99. The van der Waals surface area contributed by atoms with E-state index in [0.29, 0.717) is 0 Å². The fourth-order valence-electron chi connectivity index (χ4n) is 7.47. The van der Waals surface area contributed by atoms with E-state index in [1.807, 2.05) is 18.3 Å². The molecule has 0 N–H and O–H groups in total. The molecular weight excluding hydrogens is 585 g/mol. The summed E-state index contributed by atoms with van der Waals surface area (Å²) in [6.45, 7) is 0. The van der Waals surface area contributed by atoms with E-state index in [1.165, 1.54) is 55.3 Å². The van der Waals surface area contributed by atoms with E-state index in [1.54, 1.807) is 6.20 Å². The molecule has 10 rings (SSSR count). The lowest BCUT2D eigenvalue weighted by Gasteiger charge is -2.27. The van der Waals surface area contributed by atoms with Gasteiger partial charge in [0.1, 0.15) is 11.2 Å². The third kappa shape index (κ3) is 4.11. The SMILES string of the molecule is c1ccc(-c2ccc(-c3ccc(N(c4ccc5c(c4)-c4cccc6cccc-5c46)c4cccc5oc6ccncc6c45)cc3)cc2)cc1. The van der Waals surface area contributed by atoms with E-state index in [4.69, 9.17) is 4.42 Å². The van der Waals surface area contributed by atoms with Crippen molar-refractivity contribution in [2.24, 2.45) is 0 Å². The van der Waals surface area contributed by atoms with Crippen molar-refractivity contribution in [3.8, 4) is 44.5 Å². The number of fused-ring (bicyclic) bond motifs is 6. The fraction of sp³-hybridized carbons (Fsp3) is 0. The average Bonchev–Trinajstić information content (AvgIpc) is 3.70. The van der Waals surface area contributed by atoms with Crippen molar-refractivity contribution in [1.82, 2.24) is 4.98 Å². The molecule has 2 aromatic heterocycles. The second-order valence-corrected chi connectivity index (χ2v) is 12.4. The molecule has 1 aliphatic carbocycles. The molecule has 224 valence electrons. The van der Waals surface area contributed by atoms with Crippen LogP contribution in [-0.2, 0) is 0 Å². The quantitative estimate of drug-likeness (QED) is 0.194. The van der Waals surface area contributed by atoms with Gasteiger partial charge in [-0.05, 0) is 97.7 Å². The van der Waals surface area contributed by atoms with Crippen LogP contribution in [-0.4, -0.2) is 4.98 Å². The maximum Gasteiger partial charge on any atom is 0.138 e. The van der Waals surface area contributed by atoms with Gasteiger partial charge in [-0.25, -0.2) is 0 Å². The third-order valence-corrected chi connectivity index (χ3v) is 9.71. The van der Waals surface area contributed by atoms with Crippen LogP contribution in [0, 0.1) is 0 Å². The molecule has 0 saturated carbocycles. The number of pyridine rings is 1. The smallest absolute Gasteiger partial charge is 0.138 e. The normalized spacial score (nSPS) is 11.8. The van der Waals surface area contributed by atoms with Crippen LogP contribution in [0.2, 0.25) is 0 Å². The van der Waals surface area contributed by atoms with Crippen molar-refractivity contribution in [2.45, 2.75) is 0 Å². The van der Waals surface area contributed by atoms with Gasteiger partial charge in [0.2, 0.25) is 0 Å². The van der Waals surface area contributed by atoms with E-state index in [9.17, 15) is 0 Å². The van der Waals surface area contributed by atoms with Crippen LogP contribution >= 0.6 is 0 Å². The lowest BCUT2D eigenvalue weighted by molar-refractivity contribution is 0.668. The van der Waals surface area contributed by atoms with Gasteiger partial charge in [-0.3, -0.25) is 4.98 Å². The Bertz CT molecular complexity index is 2650. The summed E-state index contributed by atoms with van der Waals surface area (Å²) in [5, 5.41) is 4.65. The van der Waals surface area contributed by atoms with Gasteiger partial charge in [0.15, 0.2) is 0 Å². The second kappa shape index (κ2) is 10.5. The first kappa shape index (κ1) is 26.7. The molecule has 3 nitrogen and oxygen atoms in total. The van der Waals surface area contributed by atoms with E-state index in [-0.39, 0.29) is 0 Å². The van der Waals surface area contributed by atoms with E-state index < -0.39 is 0 Å². The Morgan fingerprint density at radius 2 is 1.08 bits per heavy atom. The van der Waals surface area contributed by atoms with Crippen molar-refractivity contribution in [2.75, 3.05) is 4.90 Å². The van der Waals surface area contributed by atoms with E-state index in [0.717, 1.165) is 39.0 Å². The van der Waals surface area contributed by atoms with Crippen molar-refractivity contribution in [3.05, 3.63) is 170 Å². The highest BCUT2D eigenvalue weighted by atomic mass is 16.3. The van der Waals surface area contributed by atoms with E-state index in [2.05, 4.69) is 155 Å². The summed E-state index contributed by atoms with van der Waals surface area (Å²) in [4.78, 5) is 6.82. The summed E-state index contributed by atoms with van der Waals surface area (Å²) in [7, 11) is 0. The van der Waals surface area contributed by atoms with Gasteiger partial charge in [-0.15, -0.1) is 0 Å². The Morgan fingerprint density at radius 1 is 0.438 bits per heavy atom. The van der Waals surface area contributed by atoms with Gasteiger partial charge in [0.25, 0.3) is 0 Å². The zero-order valence-electron chi connectivity index (χ0n) is 26.0. The fourth-order valence-corrected chi connectivity index (χ4v) is 7.47. The predicted molar refractivity (Wildman–Crippen MR) is 199 cm³/mol. The van der Waals surface area contributed by atoms with Crippen molar-refractivity contribution >= 4 is 49.8 Å². The summed E-state index contributed by atoms with van der Waals surface area (Å²) in [6.07, 6.45) is 3.69. The summed E-state index contributed by atoms with van der Waals surface area (Å²) >= 11 is 0. The van der Waals surface area contributed by atoms with Crippen LogP contribution in [0.5, 0.6) is 0 Å². The Labute approximate surface area is 278 Å². The largest absolute Gasteiger partial charge is 0.456 e. The Kier molecular flexibility index (Phi) is 5.87. The highest BCUT2D eigenvalue weighted by molar-refractivity contribution is 6.17. The monoisotopic (exact) mass is 612 g/mol. The summed E-state index contributed by atoms with van der Waals surface area (Å²) in [5.41, 5.74) is 14.8. The molecule has 0 unspecified atom stereocenters. The minimum Gasteiger partial charge on any atom is -0.456 e. The van der Waals surface area contributed by atoms with Gasteiger partial charge in [0.05, 0.1) is 11.1 Å². The molecule has 0 bridgehead atoms. The molecular formula is C45H28N2O. The number of hydrogen-bond donors (Lipinski definition) is 0. The number of hydrogen-bond acceptors (Lipinski definition) is 3. The minimum absolute atomic E-state index is 0.831. The van der Waals surface area contributed by atoms with Gasteiger partial charge < -0.3 is 9.32 Å². The van der Waals surface area contributed by atoms with Crippen LogP contribution in [0.3, 0.4) is 0 Å². The number of anilines is 3. The molecule has 1 aliphatic rings. The summed E-state index contributed by atoms with van der Waals surface area (Å²) < 4.78 is 6.32. The zero-order valence-corrected chi connectivity index (χ0v) is 26.0. The molecule has 2 heterocycles. The average molecular weight is 613 g/mol. The first-order chi connectivity index (χ1) is 23.8. The maximum absolute atomic E-state index is 6.32. The Hall–Kier alpha value is -6.45. The predicted octanol–water partition coefficient (Wildman–Crippen LogP) is 12.6. The first-order valence-corrected chi connectivity index (χ1v) is 16.3. The molecule has 0 aliphatic heterocycles. The summed E-state index contributed by atoms with van der Waals surface area (Å²) in [5.74, 6) is 0. The number of aromatic nitrogens is 1. The zero-order chi connectivity index (χ0) is 31.6. The second-order valence-electron chi connectivity index (χ2n) is 12.4. The molecule has 0 atom stereocenters. The van der Waals surface area contributed by atoms with Crippen LogP contribution in [0.25, 0.3) is 77.2 Å². The molecule has 3 heteroatoms. The van der Waals surface area contributed by atoms with Crippen LogP contribution < -0.4 is 4.90 Å². The first-order valence-electron chi connectivity index (χ1n) is 16.3. The van der Waals surface area contributed by atoms with Gasteiger partial charge in [-0.1, -0.05) is 115 Å². The van der Waals surface area contributed by atoms with Crippen LogP contribution in [0.4, 0.5) is 17.1 Å². The van der Waals surface area contributed by atoms with Gasteiger partial charge in [-0.2, -0.15) is 0 Å². The summed E-state index contributed by atoms with van der Waals surface area (Å²) in [6, 6.07) is 56.6. The van der Waals surface area contributed by atoms with Gasteiger partial charge >= 0.3 is 0 Å². The molecule has 0 radical (unpaired) electrons. The minimum atomic E-state index is 0.831. The van der Waals surface area contributed by atoms with Crippen molar-refractivity contribution in [1.29, 1.82) is 0 Å². The number of benzene rings is 7. The number of furan rings is 1. The van der Waals surface area contributed by atoms with Crippen molar-refractivity contribution < 1.29 is 4.42 Å². The standard InChI is InChI=1S/C45H28N2O/c1-2-7-29(8-3-1)30-15-17-31(18-16-30)32-19-21-34(22-20-32)47(41-13-6-14-43-45(41)40-28-46-26-25-42(40)48-43)35-23-24-36-37-11-4-9-33-10-5-12-38(44(33)37)39(36)27-35/h1-28H. The topological polar surface area (TPSA) is 29.3 Å². The van der Waals surface area contributed by atoms with Crippen LogP contribution in [0.15, 0.2) is 175 Å².